The molecule has 7 aromatic heterocycles. The molecule has 0 radical (unpaired) electrons. The van der Waals surface area contributed by atoms with Crippen molar-refractivity contribution in [2.45, 2.75) is 13.8 Å². The number of furan rings is 2. The van der Waals surface area contributed by atoms with Crippen LogP contribution in [0.15, 0.2) is 379 Å². The first-order valence-corrected chi connectivity index (χ1v) is 38.7. The summed E-state index contributed by atoms with van der Waals surface area (Å²) in [6, 6.07) is 120. The molecule has 24 rings (SSSR count). The van der Waals surface area contributed by atoms with Gasteiger partial charge in [-0.25, -0.2) is 19.9 Å². The van der Waals surface area contributed by atoms with Crippen LogP contribution >= 0.6 is 11.6 Å². The summed E-state index contributed by atoms with van der Waals surface area (Å²) in [5, 5.41) is 12.1. The number of benzene rings is 15. The van der Waals surface area contributed by atoms with Crippen LogP contribution in [0.1, 0.15) is 24.4 Å². The van der Waals surface area contributed by atoms with Gasteiger partial charge < -0.3 is 22.5 Å². The minimum Gasteiger partial charge on any atom is -0.456 e. The van der Waals surface area contributed by atoms with Crippen LogP contribution in [-0.2, 0) is 6.42 Å². The SMILES string of the molecule is C.Clc1ccc2c3cc4c(cc3n(-c3cccc(-c5nc(C6=CC=C[C+]=C6)nc(-c6ccccc6)n5)c3)c2c1)oc1ccccc14.c1ccc(-c2nc(-c3ccccc3)nc(-c3cccc(-n4c5cc(-n6c7ccccc7c7ccccc76)ccc5c5cc6c(cc54)oc4ccccc46)c3)n2)cc1.c1ccc2c(c1)Cc1ccccc1-2. The molecule has 2 aliphatic carbocycles. The fourth-order valence-corrected chi connectivity index (χ4v) is 17.0. The minimum atomic E-state index is 0. The number of halogens is 1. The van der Waals surface area contributed by atoms with Gasteiger partial charge in [-0.1, -0.05) is 268 Å². The number of rotatable bonds is 9. The van der Waals surface area contributed by atoms with Crippen molar-refractivity contribution in [3.8, 4) is 85.1 Å². The Bertz CT molecular complexity index is 7620. The van der Waals surface area contributed by atoms with Crippen LogP contribution in [0, 0.1) is 6.08 Å². The number of hydrogen-bond donors (Lipinski definition) is 0. The van der Waals surface area contributed by atoms with Crippen molar-refractivity contribution in [1.29, 1.82) is 0 Å². The van der Waals surface area contributed by atoms with Crippen molar-refractivity contribution in [2.75, 3.05) is 0 Å². The Morgan fingerprint density at radius 3 is 1.15 bits per heavy atom. The fourth-order valence-electron chi connectivity index (χ4n) is 16.8. The average molecular weight is 1510 g/mol. The Kier molecular flexibility index (Phi) is 16.9. The van der Waals surface area contributed by atoms with Crippen LogP contribution in [0.5, 0.6) is 0 Å². The van der Waals surface area contributed by atoms with E-state index < -0.39 is 0 Å². The van der Waals surface area contributed by atoms with E-state index in [1.807, 2.05) is 170 Å². The number of allylic oxidation sites excluding steroid dienone is 6. The van der Waals surface area contributed by atoms with E-state index >= 15 is 0 Å². The molecular weight excluding hydrogens is 1440 g/mol. The average Bonchev–Trinajstić information content (AvgIpc) is 1.56. The Balaban J connectivity index is 0.000000126. The molecule has 11 nitrogen and oxygen atoms in total. The lowest BCUT2D eigenvalue weighted by Gasteiger charge is -2.13. The molecule has 116 heavy (non-hydrogen) atoms. The zero-order valence-electron chi connectivity index (χ0n) is 61.6. The largest absolute Gasteiger partial charge is 0.456 e. The lowest BCUT2D eigenvalue weighted by Crippen LogP contribution is -2.03. The number of aromatic nitrogens is 9. The maximum absolute atomic E-state index is 6.58. The summed E-state index contributed by atoms with van der Waals surface area (Å²) in [5.74, 6) is 3.66. The first-order valence-electron chi connectivity index (χ1n) is 38.4. The molecule has 0 saturated heterocycles. The lowest BCUT2D eigenvalue weighted by atomic mass is 10.1. The molecule has 7 heterocycles. The third kappa shape index (κ3) is 12.0. The highest BCUT2D eigenvalue weighted by Crippen LogP contribution is 2.44. The molecule has 2 aliphatic rings. The third-order valence-electron chi connectivity index (χ3n) is 22.1. The normalized spacial score (nSPS) is 12.2. The third-order valence-corrected chi connectivity index (χ3v) is 22.3. The maximum atomic E-state index is 6.58. The summed E-state index contributed by atoms with van der Waals surface area (Å²) < 4.78 is 19.8. The molecule has 15 aromatic carbocycles. The second-order valence-corrected chi connectivity index (χ2v) is 29.4. The highest BCUT2D eigenvalue weighted by Gasteiger charge is 2.25. The van der Waals surface area contributed by atoms with Gasteiger partial charge in [-0.05, 0) is 114 Å². The van der Waals surface area contributed by atoms with E-state index in [0.717, 1.165) is 144 Å². The molecular formula is C104H67ClN9O2+. The number of hydrogen-bond acceptors (Lipinski definition) is 8. The Labute approximate surface area is 671 Å². The standard InChI is InChI=1S/C51H31N5O.C39H22ClN4O.C13H10.CH4/c1-3-14-32(15-4-1)49-52-50(33-16-5-2-6-17-33)54-51(53-49)34-18-13-19-35(28-34)56-45-29-36(55-43-23-10-7-20-37(43)38-21-8-11-24-44(38)55)26-27-39(45)41-30-42-40-22-9-12-25-47(40)57-48(42)31-46(41)56;40-27-18-19-29-31-22-32-30-16-7-8-17-35(30)45-36(32)23-34(31)44(33(29)21-27)28-15-9-14-26(20-28)39-42-37(24-10-3-1-4-11-24)41-38(43-39)25-12-5-2-6-13-25;1-3-7-12-10(5-1)9-11-6-2-4-8-13(11)12;/h1-31H;1-5,7-23H;1-8H,9H2;1H4/q;+1;;. The van der Waals surface area contributed by atoms with Gasteiger partial charge in [0.2, 0.25) is 5.82 Å². The molecule has 12 heteroatoms. The quantitative estimate of drug-likeness (QED) is 0.131. The fraction of sp³-hybridized carbons (Fsp3) is 0.0192. The number of para-hydroxylation sites is 4. The molecule has 0 unspecified atom stereocenters. The molecule has 0 atom stereocenters. The molecule has 0 fully saturated rings. The van der Waals surface area contributed by atoms with Gasteiger partial charge in [0.05, 0.1) is 39.2 Å². The predicted octanol–water partition coefficient (Wildman–Crippen LogP) is 27.0. The monoisotopic (exact) mass is 1510 g/mol. The smallest absolute Gasteiger partial charge is 0.223 e. The molecule has 546 valence electrons. The van der Waals surface area contributed by atoms with E-state index in [9.17, 15) is 0 Å². The van der Waals surface area contributed by atoms with E-state index in [1.54, 1.807) is 0 Å². The lowest BCUT2D eigenvalue weighted by molar-refractivity contribution is 0.669. The van der Waals surface area contributed by atoms with Gasteiger partial charge >= 0.3 is 0 Å². The summed E-state index contributed by atoms with van der Waals surface area (Å²) in [5.41, 5.74) is 24.2. The zero-order valence-corrected chi connectivity index (χ0v) is 62.4. The number of fused-ring (bicyclic) bond motifs is 18. The summed E-state index contributed by atoms with van der Waals surface area (Å²) >= 11 is 6.58. The van der Waals surface area contributed by atoms with Gasteiger partial charge in [0, 0.05) is 128 Å². The summed E-state index contributed by atoms with van der Waals surface area (Å²) in [7, 11) is 0. The minimum absolute atomic E-state index is 0. The first-order chi connectivity index (χ1) is 56.9. The Morgan fingerprint density at radius 2 is 0.655 bits per heavy atom. The van der Waals surface area contributed by atoms with Crippen LogP contribution in [0.2, 0.25) is 5.02 Å². The van der Waals surface area contributed by atoms with Gasteiger partial charge in [-0.3, -0.25) is 0 Å². The predicted molar refractivity (Wildman–Crippen MR) is 476 cm³/mol. The van der Waals surface area contributed by atoms with E-state index in [0.29, 0.717) is 40.0 Å². The van der Waals surface area contributed by atoms with Gasteiger partial charge in [-0.2, -0.15) is 9.97 Å². The second kappa shape index (κ2) is 28.5. The van der Waals surface area contributed by atoms with Crippen molar-refractivity contribution in [3.63, 3.8) is 0 Å². The van der Waals surface area contributed by atoms with E-state index in [2.05, 4.69) is 220 Å². The second-order valence-electron chi connectivity index (χ2n) is 28.9. The molecule has 0 bridgehead atoms. The van der Waals surface area contributed by atoms with Crippen LogP contribution in [-0.4, -0.2) is 43.6 Å². The summed E-state index contributed by atoms with van der Waals surface area (Å²) in [6.45, 7) is 0. The molecule has 0 spiro atoms. The molecule has 0 saturated carbocycles. The highest BCUT2D eigenvalue weighted by molar-refractivity contribution is 6.32. The molecule has 0 amide bonds. The van der Waals surface area contributed by atoms with Crippen LogP contribution in [0.4, 0.5) is 0 Å². The topological polar surface area (TPSA) is 118 Å². The Morgan fingerprint density at radius 1 is 0.276 bits per heavy atom. The van der Waals surface area contributed by atoms with Crippen molar-refractivity contribution >= 4 is 126 Å². The molecule has 0 aliphatic heterocycles. The van der Waals surface area contributed by atoms with Crippen LogP contribution in [0.25, 0.3) is 200 Å². The highest BCUT2D eigenvalue weighted by atomic mass is 35.5. The van der Waals surface area contributed by atoms with E-state index in [1.165, 1.54) is 44.1 Å². The van der Waals surface area contributed by atoms with Crippen LogP contribution < -0.4 is 0 Å². The van der Waals surface area contributed by atoms with Gasteiger partial charge in [0.15, 0.2) is 29.1 Å². The van der Waals surface area contributed by atoms with Gasteiger partial charge in [-0.15, -0.1) is 0 Å². The summed E-state index contributed by atoms with van der Waals surface area (Å²) in [4.78, 5) is 29.8. The maximum Gasteiger partial charge on any atom is 0.223 e. The first kappa shape index (κ1) is 68.7. The molecule has 0 N–H and O–H groups in total. The van der Waals surface area contributed by atoms with Crippen molar-refractivity contribution in [3.05, 3.63) is 398 Å². The van der Waals surface area contributed by atoms with E-state index in [4.69, 9.17) is 50.3 Å². The number of nitrogens with zero attached hydrogens (tertiary/aromatic N) is 9. The van der Waals surface area contributed by atoms with Gasteiger partial charge in [0.25, 0.3) is 0 Å². The Hall–Kier alpha value is -15.3. The van der Waals surface area contributed by atoms with Crippen molar-refractivity contribution in [1.82, 2.24) is 43.6 Å². The summed E-state index contributed by atoms with van der Waals surface area (Å²) in [6.07, 6.45) is 11.9. The van der Waals surface area contributed by atoms with Gasteiger partial charge in [0.1, 0.15) is 40.1 Å². The van der Waals surface area contributed by atoms with Crippen molar-refractivity contribution < 1.29 is 8.83 Å². The molecule has 22 aromatic rings. The van der Waals surface area contributed by atoms with Crippen LogP contribution in [0.3, 0.4) is 0 Å². The van der Waals surface area contributed by atoms with Crippen molar-refractivity contribution in [2.24, 2.45) is 0 Å². The van der Waals surface area contributed by atoms with E-state index in [-0.39, 0.29) is 7.43 Å². The zero-order chi connectivity index (χ0) is 76.0.